The Balaban J connectivity index is 2.83. The number of carbonyl (C=O) groups is 1. The summed E-state index contributed by atoms with van der Waals surface area (Å²) < 4.78 is 5.51. The van der Waals surface area contributed by atoms with Crippen LogP contribution in [0.1, 0.15) is 61.3 Å². The predicted molar refractivity (Wildman–Crippen MR) is 78.1 cm³/mol. The van der Waals surface area contributed by atoms with Crippen molar-refractivity contribution in [3.8, 4) is 0 Å². The first-order valence-corrected chi connectivity index (χ1v) is 7.53. The Morgan fingerprint density at radius 1 is 1.25 bits per heavy atom. The van der Waals surface area contributed by atoms with Crippen LogP contribution < -0.4 is 0 Å². The van der Waals surface area contributed by atoms with Crippen LogP contribution in [0.25, 0.3) is 0 Å². The Hall–Kier alpha value is -0.610. The van der Waals surface area contributed by atoms with E-state index in [0.29, 0.717) is 6.42 Å². The molecule has 1 aliphatic rings. The topological polar surface area (TPSA) is 66.8 Å². The Morgan fingerprint density at radius 2 is 1.70 bits per heavy atom. The van der Waals surface area contributed by atoms with E-state index in [0.717, 1.165) is 6.42 Å². The lowest BCUT2D eigenvalue weighted by Gasteiger charge is -2.41. The monoisotopic (exact) mass is 286 g/mol. The van der Waals surface area contributed by atoms with Crippen LogP contribution in [0.15, 0.2) is 0 Å². The van der Waals surface area contributed by atoms with E-state index in [-0.39, 0.29) is 23.9 Å². The van der Waals surface area contributed by atoms with Gasteiger partial charge in [-0.05, 0) is 47.5 Å². The van der Waals surface area contributed by atoms with Gasteiger partial charge in [-0.3, -0.25) is 4.79 Å². The Labute approximate surface area is 122 Å². The summed E-state index contributed by atoms with van der Waals surface area (Å²) in [7, 11) is 0. The fraction of sp³-hybridized carbons (Fsp3) is 0.938. The molecule has 0 aliphatic heterocycles. The van der Waals surface area contributed by atoms with Crippen molar-refractivity contribution < 1.29 is 19.7 Å². The molecule has 0 heterocycles. The summed E-state index contributed by atoms with van der Waals surface area (Å²) >= 11 is 0. The molecule has 0 radical (unpaired) electrons. The van der Waals surface area contributed by atoms with Gasteiger partial charge in [-0.1, -0.05) is 13.8 Å². The zero-order valence-corrected chi connectivity index (χ0v) is 13.9. The molecule has 0 spiro atoms. The molecule has 2 N–H and O–H groups in total. The fourth-order valence-corrected chi connectivity index (χ4v) is 3.56. The van der Waals surface area contributed by atoms with Gasteiger partial charge in [-0.25, -0.2) is 0 Å². The quantitative estimate of drug-likeness (QED) is 0.736. The number of hydrogen-bond donors (Lipinski definition) is 2. The number of aliphatic hydroxyl groups is 2. The molecule has 0 amide bonds. The maximum absolute atomic E-state index is 11.9. The molecule has 0 bridgehead atoms. The summed E-state index contributed by atoms with van der Waals surface area (Å²) in [5.74, 6) is -0.335. The summed E-state index contributed by atoms with van der Waals surface area (Å²) in [6.45, 7) is 12.5. The lowest BCUT2D eigenvalue weighted by Crippen LogP contribution is -2.50. The third-order valence-corrected chi connectivity index (χ3v) is 5.08. The van der Waals surface area contributed by atoms with Crippen LogP contribution in [0, 0.1) is 17.3 Å². The molecule has 0 aromatic heterocycles. The summed E-state index contributed by atoms with van der Waals surface area (Å²) in [5, 5.41) is 20.9. The third kappa shape index (κ3) is 2.86. The van der Waals surface area contributed by atoms with Gasteiger partial charge in [0.15, 0.2) is 0 Å². The van der Waals surface area contributed by atoms with Gasteiger partial charge in [0.1, 0.15) is 6.10 Å². The molecule has 1 rings (SSSR count). The van der Waals surface area contributed by atoms with Gasteiger partial charge in [-0.15, -0.1) is 0 Å². The molecular weight excluding hydrogens is 256 g/mol. The Morgan fingerprint density at radius 3 is 2.00 bits per heavy atom. The van der Waals surface area contributed by atoms with Crippen LogP contribution in [0.4, 0.5) is 0 Å². The summed E-state index contributed by atoms with van der Waals surface area (Å²) in [5.41, 5.74) is -2.67. The highest BCUT2D eigenvalue weighted by molar-refractivity contribution is 5.72. The number of carbonyl (C=O) groups excluding carboxylic acids is 1. The van der Waals surface area contributed by atoms with Crippen LogP contribution in [-0.4, -0.2) is 33.5 Å². The zero-order valence-electron chi connectivity index (χ0n) is 13.9. The lowest BCUT2D eigenvalue weighted by atomic mass is 9.73. The van der Waals surface area contributed by atoms with Crippen LogP contribution in [-0.2, 0) is 9.53 Å². The van der Waals surface area contributed by atoms with Gasteiger partial charge in [0, 0.05) is 11.3 Å². The van der Waals surface area contributed by atoms with Crippen LogP contribution >= 0.6 is 0 Å². The van der Waals surface area contributed by atoms with Crippen molar-refractivity contribution in [1.82, 2.24) is 0 Å². The number of rotatable bonds is 6. The van der Waals surface area contributed by atoms with Gasteiger partial charge in [-0.2, -0.15) is 0 Å². The molecule has 118 valence electrons. The Kier molecular flexibility index (Phi) is 4.62. The molecule has 4 heteroatoms. The number of hydrogen-bond acceptors (Lipinski definition) is 4. The van der Waals surface area contributed by atoms with Gasteiger partial charge in [0.05, 0.1) is 17.1 Å². The van der Waals surface area contributed by atoms with E-state index in [1.165, 1.54) is 0 Å². The first-order chi connectivity index (χ1) is 8.88. The van der Waals surface area contributed by atoms with E-state index in [1.54, 1.807) is 27.7 Å². The minimum Gasteiger partial charge on any atom is -0.462 e. The van der Waals surface area contributed by atoms with E-state index in [1.807, 2.05) is 20.8 Å². The average molecular weight is 286 g/mol. The fourth-order valence-electron chi connectivity index (χ4n) is 3.56. The first kappa shape index (κ1) is 17.4. The first-order valence-electron chi connectivity index (χ1n) is 7.53. The van der Waals surface area contributed by atoms with Crippen LogP contribution in [0.3, 0.4) is 0 Å². The van der Waals surface area contributed by atoms with E-state index in [2.05, 4.69) is 0 Å². The normalized spacial score (nSPS) is 24.9. The van der Waals surface area contributed by atoms with Crippen molar-refractivity contribution in [3.63, 3.8) is 0 Å². The Bertz CT molecular complexity index is 348. The van der Waals surface area contributed by atoms with Crippen molar-refractivity contribution in [2.45, 2.75) is 78.6 Å². The second-order valence-electron chi connectivity index (χ2n) is 7.35. The van der Waals surface area contributed by atoms with E-state index < -0.39 is 16.6 Å². The van der Waals surface area contributed by atoms with Crippen molar-refractivity contribution in [1.29, 1.82) is 0 Å². The smallest absolute Gasteiger partial charge is 0.308 e. The standard InChI is InChI=1S/C16H30O4/c1-8-10(2)13(17)20-11(3)12-9-16(12,14(4,5)18)15(6,7)19/h10-12,18-19H,8-9H2,1-7H3. The zero-order chi connectivity index (χ0) is 15.9. The van der Waals surface area contributed by atoms with Gasteiger partial charge < -0.3 is 14.9 Å². The maximum Gasteiger partial charge on any atom is 0.308 e. The van der Waals surface area contributed by atoms with Crippen molar-refractivity contribution >= 4 is 5.97 Å². The molecule has 0 saturated heterocycles. The van der Waals surface area contributed by atoms with Gasteiger partial charge >= 0.3 is 5.97 Å². The largest absolute Gasteiger partial charge is 0.462 e. The molecular formula is C16H30O4. The molecule has 0 aromatic rings. The molecule has 1 fully saturated rings. The van der Waals surface area contributed by atoms with E-state index in [9.17, 15) is 15.0 Å². The van der Waals surface area contributed by atoms with Crippen LogP contribution in [0.2, 0.25) is 0 Å². The summed E-state index contributed by atoms with van der Waals surface area (Å²) in [6, 6.07) is 0. The highest BCUT2D eigenvalue weighted by Gasteiger charge is 2.71. The average Bonchev–Trinajstić information content (AvgIpc) is 3.02. The third-order valence-electron chi connectivity index (χ3n) is 5.08. The minimum atomic E-state index is -1.02. The molecule has 20 heavy (non-hydrogen) atoms. The van der Waals surface area contributed by atoms with Crippen molar-refractivity contribution in [3.05, 3.63) is 0 Å². The SMILES string of the molecule is CCC(C)C(=O)OC(C)C1CC1(C(C)(C)O)C(C)(C)O. The number of esters is 1. The van der Waals surface area contributed by atoms with Crippen LogP contribution in [0.5, 0.6) is 0 Å². The summed E-state index contributed by atoms with van der Waals surface area (Å²) in [4.78, 5) is 11.9. The van der Waals surface area contributed by atoms with Gasteiger partial charge in [0.2, 0.25) is 0 Å². The minimum absolute atomic E-state index is 0.0180. The highest BCUT2D eigenvalue weighted by Crippen LogP contribution is 2.67. The second-order valence-corrected chi connectivity index (χ2v) is 7.35. The molecule has 3 atom stereocenters. The number of ether oxygens (including phenoxy) is 1. The molecule has 1 aliphatic carbocycles. The van der Waals surface area contributed by atoms with E-state index >= 15 is 0 Å². The molecule has 1 saturated carbocycles. The predicted octanol–water partition coefficient (Wildman–Crippen LogP) is 2.51. The summed E-state index contributed by atoms with van der Waals surface area (Å²) in [6.07, 6.45) is 1.11. The maximum atomic E-state index is 11.9. The van der Waals surface area contributed by atoms with Crippen molar-refractivity contribution in [2.75, 3.05) is 0 Å². The molecule has 3 unspecified atom stereocenters. The highest BCUT2D eigenvalue weighted by atomic mass is 16.5. The second kappa shape index (κ2) is 5.30. The molecule has 4 nitrogen and oxygen atoms in total. The molecule has 0 aromatic carbocycles. The van der Waals surface area contributed by atoms with Crippen molar-refractivity contribution in [2.24, 2.45) is 17.3 Å². The van der Waals surface area contributed by atoms with Gasteiger partial charge in [0.25, 0.3) is 0 Å². The van der Waals surface area contributed by atoms with E-state index in [4.69, 9.17) is 4.74 Å². The lowest BCUT2D eigenvalue weighted by molar-refractivity contribution is -0.160.